The first-order chi connectivity index (χ1) is 9.27. The van der Waals surface area contributed by atoms with Crippen LogP contribution in [-0.2, 0) is 4.74 Å². The normalized spacial score (nSPS) is 23.3. The second kappa shape index (κ2) is 5.73. The van der Waals surface area contributed by atoms with Gasteiger partial charge in [0.2, 0.25) is 0 Å². The molecule has 2 aromatic heterocycles. The zero-order valence-electron chi connectivity index (χ0n) is 10.5. The molecule has 1 aliphatic rings. The Balaban J connectivity index is 1.73. The van der Waals surface area contributed by atoms with Gasteiger partial charge in [-0.25, -0.2) is 0 Å². The molecule has 1 saturated heterocycles. The van der Waals surface area contributed by atoms with Crippen LogP contribution in [0.15, 0.2) is 35.0 Å². The molecule has 0 amide bonds. The highest BCUT2D eigenvalue weighted by Gasteiger charge is 2.33. The summed E-state index contributed by atoms with van der Waals surface area (Å²) < 4.78 is 5.29. The van der Waals surface area contributed by atoms with Gasteiger partial charge in [-0.15, -0.1) is 22.7 Å². The number of aliphatic hydroxyl groups is 1. The van der Waals surface area contributed by atoms with Gasteiger partial charge in [0.25, 0.3) is 0 Å². The van der Waals surface area contributed by atoms with E-state index in [-0.39, 0.29) is 6.04 Å². The van der Waals surface area contributed by atoms with E-state index >= 15 is 0 Å². The van der Waals surface area contributed by atoms with Gasteiger partial charge in [0, 0.05) is 29.3 Å². The average molecular weight is 295 g/mol. The summed E-state index contributed by atoms with van der Waals surface area (Å²) in [5, 5.41) is 18.0. The smallest absolute Gasteiger partial charge is 0.103 e. The monoisotopic (exact) mass is 295 g/mol. The first-order valence-corrected chi connectivity index (χ1v) is 8.13. The standard InChI is InChI=1S/C14H17NO2S2/c16-14(5-6-17-10-14)9-15-13(11-3-1-7-18-11)12-4-2-8-19-12/h1-4,7-8,13,15-16H,5-6,9-10H2. The molecular formula is C14H17NO2S2. The molecule has 0 spiro atoms. The van der Waals surface area contributed by atoms with E-state index in [9.17, 15) is 5.11 Å². The van der Waals surface area contributed by atoms with Crippen molar-refractivity contribution in [3.05, 3.63) is 44.8 Å². The molecule has 2 aromatic rings. The summed E-state index contributed by atoms with van der Waals surface area (Å²) in [5.74, 6) is 0. The van der Waals surface area contributed by atoms with Crippen molar-refractivity contribution in [2.24, 2.45) is 0 Å². The van der Waals surface area contributed by atoms with Crippen molar-refractivity contribution >= 4 is 22.7 Å². The van der Waals surface area contributed by atoms with Crippen molar-refractivity contribution in [2.75, 3.05) is 19.8 Å². The second-order valence-corrected chi connectivity index (χ2v) is 6.83. The molecule has 0 saturated carbocycles. The molecule has 1 atom stereocenters. The third-order valence-electron chi connectivity index (χ3n) is 3.37. The lowest BCUT2D eigenvalue weighted by atomic mass is 10.0. The number of hydrogen-bond donors (Lipinski definition) is 2. The van der Waals surface area contributed by atoms with Crippen LogP contribution in [0.1, 0.15) is 22.2 Å². The van der Waals surface area contributed by atoms with Crippen molar-refractivity contribution in [3.63, 3.8) is 0 Å². The molecule has 0 bridgehead atoms. The zero-order chi connectivity index (χ0) is 13.1. The van der Waals surface area contributed by atoms with E-state index in [0.29, 0.717) is 26.2 Å². The summed E-state index contributed by atoms with van der Waals surface area (Å²) in [7, 11) is 0. The lowest BCUT2D eigenvalue weighted by Gasteiger charge is -2.24. The quantitative estimate of drug-likeness (QED) is 0.891. The minimum Gasteiger partial charge on any atom is -0.386 e. The van der Waals surface area contributed by atoms with Gasteiger partial charge in [-0.3, -0.25) is 0 Å². The maximum atomic E-state index is 10.4. The zero-order valence-corrected chi connectivity index (χ0v) is 12.2. The summed E-state index contributed by atoms with van der Waals surface area (Å²) in [6, 6.07) is 8.57. The van der Waals surface area contributed by atoms with Crippen LogP contribution in [0.5, 0.6) is 0 Å². The van der Waals surface area contributed by atoms with E-state index in [4.69, 9.17) is 4.74 Å². The molecule has 19 heavy (non-hydrogen) atoms. The van der Waals surface area contributed by atoms with Crippen LogP contribution in [0.3, 0.4) is 0 Å². The summed E-state index contributed by atoms with van der Waals surface area (Å²) in [6.07, 6.45) is 0.710. The molecule has 2 N–H and O–H groups in total. The average Bonchev–Trinajstić information content (AvgIpc) is 3.11. The SMILES string of the molecule is OC1(CNC(c2cccs2)c2cccs2)CCOC1. The van der Waals surface area contributed by atoms with E-state index in [1.165, 1.54) is 9.75 Å². The Hall–Kier alpha value is -0.720. The molecule has 102 valence electrons. The highest BCUT2D eigenvalue weighted by molar-refractivity contribution is 7.11. The van der Waals surface area contributed by atoms with Crippen molar-refractivity contribution in [2.45, 2.75) is 18.1 Å². The van der Waals surface area contributed by atoms with Gasteiger partial charge in [-0.1, -0.05) is 12.1 Å². The molecular weight excluding hydrogens is 278 g/mol. The summed E-state index contributed by atoms with van der Waals surface area (Å²) in [6.45, 7) is 1.65. The van der Waals surface area contributed by atoms with E-state index < -0.39 is 5.60 Å². The molecule has 1 unspecified atom stereocenters. The Labute approximate surface area is 120 Å². The minimum absolute atomic E-state index is 0.171. The molecule has 0 aromatic carbocycles. The van der Waals surface area contributed by atoms with Crippen molar-refractivity contribution in [1.29, 1.82) is 0 Å². The number of nitrogens with one attached hydrogen (secondary N) is 1. The number of thiophene rings is 2. The molecule has 3 heterocycles. The number of rotatable bonds is 5. The topological polar surface area (TPSA) is 41.5 Å². The number of hydrogen-bond acceptors (Lipinski definition) is 5. The Morgan fingerprint density at radius 1 is 1.26 bits per heavy atom. The van der Waals surface area contributed by atoms with Crippen LogP contribution >= 0.6 is 22.7 Å². The van der Waals surface area contributed by atoms with Crippen molar-refractivity contribution < 1.29 is 9.84 Å². The van der Waals surface area contributed by atoms with Gasteiger partial charge < -0.3 is 15.2 Å². The van der Waals surface area contributed by atoms with Gasteiger partial charge in [-0.05, 0) is 22.9 Å². The second-order valence-electron chi connectivity index (χ2n) is 4.87. The predicted molar refractivity (Wildman–Crippen MR) is 78.9 cm³/mol. The fourth-order valence-electron chi connectivity index (χ4n) is 2.28. The van der Waals surface area contributed by atoms with Crippen LogP contribution in [-0.4, -0.2) is 30.5 Å². The lowest BCUT2D eigenvalue weighted by Crippen LogP contribution is -2.42. The predicted octanol–water partition coefficient (Wildman–Crippen LogP) is 2.64. The third kappa shape index (κ3) is 3.07. The van der Waals surface area contributed by atoms with E-state index in [0.717, 1.165) is 0 Å². The Bertz CT molecular complexity index is 455. The van der Waals surface area contributed by atoms with Gasteiger partial charge in [0.15, 0.2) is 0 Å². The number of ether oxygens (including phenoxy) is 1. The van der Waals surface area contributed by atoms with Crippen molar-refractivity contribution in [3.8, 4) is 0 Å². The van der Waals surface area contributed by atoms with Crippen LogP contribution in [0.4, 0.5) is 0 Å². The summed E-state index contributed by atoms with van der Waals surface area (Å²) >= 11 is 3.48. The molecule has 5 heteroatoms. The molecule has 1 fully saturated rings. The van der Waals surface area contributed by atoms with Crippen molar-refractivity contribution in [1.82, 2.24) is 5.32 Å². The molecule has 0 radical (unpaired) electrons. The van der Waals surface area contributed by atoms with E-state index in [2.05, 4.69) is 40.3 Å². The third-order valence-corrected chi connectivity index (χ3v) is 5.25. The maximum Gasteiger partial charge on any atom is 0.103 e. The maximum absolute atomic E-state index is 10.4. The largest absolute Gasteiger partial charge is 0.386 e. The first-order valence-electron chi connectivity index (χ1n) is 6.37. The van der Waals surface area contributed by atoms with Gasteiger partial charge >= 0.3 is 0 Å². The fourth-order valence-corrected chi connectivity index (χ4v) is 3.99. The Morgan fingerprint density at radius 2 is 1.95 bits per heavy atom. The highest BCUT2D eigenvalue weighted by Crippen LogP contribution is 2.30. The molecule has 3 nitrogen and oxygen atoms in total. The molecule has 1 aliphatic heterocycles. The Kier molecular flexibility index (Phi) is 4.00. The fraction of sp³-hybridized carbons (Fsp3) is 0.429. The minimum atomic E-state index is -0.716. The highest BCUT2D eigenvalue weighted by atomic mass is 32.1. The first kappa shape index (κ1) is 13.3. The molecule has 0 aliphatic carbocycles. The lowest BCUT2D eigenvalue weighted by molar-refractivity contribution is 0.0258. The summed E-state index contributed by atoms with van der Waals surface area (Å²) in [4.78, 5) is 2.56. The van der Waals surface area contributed by atoms with Gasteiger partial charge in [0.05, 0.1) is 12.6 Å². The van der Waals surface area contributed by atoms with Gasteiger partial charge in [0.1, 0.15) is 5.60 Å². The van der Waals surface area contributed by atoms with Crippen LogP contribution in [0.25, 0.3) is 0 Å². The van der Waals surface area contributed by atoms with E-state index in [1.54, 1.807) is 22.7 Å². The molecule has 3 rings (SSSR count). The van der Waals surface area contributed by atoms with E-state index in [1.807, 2.05) is 0 Å². The Morgan fingerprint density at radius 3 is 2.42 bits per heavy atom. The van der Waals surface area contributed by atoms with Gasteiger partial charge in [-0.2, -0.15) is 0 Å². The van der Waals surface area contributed by atoms with Crippen LogP contribution < -0.4 is 5.32 Å². The van der Waals surface area contributed by atoms with Crippen LogP contribution in [0.2, 0.25) is 0 Å². The summed E-state index contributed by atoms with van der Waals surface area (Å²) in [5.41, 5.74) is -0.716. The van der Waals surface area contributed by atoms with Crippen LogP contribution in [0, 0.1) is 0 Å².